The molecule has 0 bridgehead atoms. The maximum Gasteiger partial charge on any atom is 0.166 e. The number of pyridine rings is 1. The van der Waals surface area contributed by atoms with Crippen LogP contribution in [0.4, 0.5) is 10.1 Å². The standard InChI is InChI=1S/C14H12FN3O/c15-12-7-11(4-5-14(12)19)16-8-10-9-17-18-6-2-1-3-13(10)18/h1-7,9,16,19H,8H2. The molecule has 1 aromatic carbocycles. The molecule has 0 spiro atoms. The third-order valence-electron chi connectivity index (χ3n) is 2.94. The van der Waals surface area contributed by atoms with Crippen LogP contribution in [0.1, 0.15) is 5.56 Å². The number of phenols is 1. The summed E-state index contributed by atoms with van der Waals surface area (Å²) in [5.41, 5.74) is 2.65. The summed E-state index contributed by atoms with van der Waals surface area (Å²) in [4.78, 5) is 0. The molecule has 0 saturated heterocycles. The summed E-state index contributed by atoms with van der Waals surface area (Å²) in [6, 6.07) is 10.0. The van der Waals surface area contributed by atoms with Gasteiger partial charge in [-0.05, 0) is 24.3 Å². The Kier molecular flexibility index (Phi) is 2.79. The van der Waals surface area contributed by atoms with Crippen LogP contribution in [0.15, 0.2) is 48.8 Å². The highest BCUT2D eigenvalue weighted by Gasteiger charge is 2.04. The number of rotatable bonds is 3. The van der Waals surface area contributed by atoms with Crippen LogP contribution in [0.2, 0.25) is 0 Å². The monoisotopic (exact) mass is 257 g/mol. The number of hydrogen-bond donors (Lipinski definition) is 2. The van der Waals surface area contributed by atoms with Gasteiger partial charge in [0.2, 0.25) is 0 Å². The first kappa shape index (κ1) is 11.5. The van der Waals surface area contributed by atoms with Gasteiger partial charge >= 0.3 is 0 Å². The van der Waals surface area contributed by atoms with Crippen molar-refractivity contribution >= 4 is 11.2 Å². The van der Waals surface area contributed by atoms with Crippen molar-refractivity contribution in [2.75, 3.05) is 5.32 Å². The molecule has 0 unspecified atom stereocenters. The van der Waals surface area contributed by atoms with Crippen molar-refractivity contribution in [1.29, 1.82) is 0 Å². The molecule has 0 saturated carbocycles. The second-order valence-electron chi connectivity index (χ2n) is 4.22. The fourth-order valence-electron chi connectivity index (χ4n) is 1.94. The summed E-state index contributed by atoms with van der Waals surface area (Å²) in [5.74, 6) is -0.980. The van der Waals surface area contributed by atoms with E-state index in [2.05, 4.69) is 10.4 Å². The third kappa shape index (κ3) is 2.22. The van der Waals surface area contributed by atoms with Gasteiger partial charge in [0.05, 0.1) is 11.7 Å². The summed E-state index contributed by atoms with van der Waals surface area (Å²) in [6.45, 7) is 0.539. The van der Waals surface area contributed by atoms with Crippen molar-refractivity contribution in [2.45, 2.75) is 6.54 Å². The third-order valence-corrected chi connectivity index (χ3v) is 2.94. The van der Waals surface area contributed by atoms with E-state index < -0.39 is 5.82 Å². The van der Waals surface area contributed by atoms with Gasteiger partial charge in [-0.1, -0.05) is 6.07 Å². The molecule has 0 aliphatic rings. The van der Waals surface area contributed by atoms with E-state index in [-0.39, 0.29) is 5.75 Å². The number of anilines is 1. The highest BCUT2D eigenvalue weighted by Crippen LogP contribution is 2.20. The van der Waals surface area contributed by atoms with Crippen molar-refractivity contribution in [3.05, 3.63) is 60.2 Å². The normalized spacial score (nSPS) is 10.8. The van der Waals surface area contributed by atoms with E-state index in [9.17, 15) is 4.39 Å². The van der Waals surface area contributed by atoms with Crippen molar-refractivity contribution in [2.24, 2.45) is 0 Å². The molecule has 3 rings (SSSR count). The lowest BCUT2D eigenvalue weighted by Gasteiger charge is -2.06. The van der Waals surface area contributed by atoms with Crippen LogP contribution >= 0.6 is 0 Å². The Labute approximate surface area is 109 Å². The van der Waals surface area contributed by atoms with Crippen LogP contribution in [0, 0.1) is 5.82 Å². The highest BCUT2D eigenvalue weighted by atomic mass is 19.1. The van der Waals surface area contributed by atoms with Gasteiger partial charge in [-0.15, -0.1) is 0 Å². The lowest BCUT2D eigenvalue weighted by Crippen LogP contribution is -1.99. The predicted octanol–water partition coefficient (Wildman–Crippen LogP) is 2.79. The topological polar surface area (TPSA) is 49.6 Å². The van der Waals surface area contributed by atoms with E-state index in [1.165, 1.54) is 12.1 Å². The molecule has 2 aromatic heterocycles. The van der Waals surface area contributed by atoms with Crippen LogP contribution in [0.25, 0.3) is 5.52 Å². The molecule has 2 N–H and O–H groups in total. The SMILES string of the molecule is Oc1ccc(NCc2cnn3ccccc23)cc1F. The zero-order chi connectivity index (χ0) is 13.2. The number of nitrogens with one attached hydrogen (secondary N) is 1. The molecule has 96 valence electrons. The second-order valence-corrected chi connectivity index (χ2v) is 4.22. The quantitative estimate of drug-likeness (QED) is 0.709. The van der Waals surface area contributed by atoms with Crippen LogP contribution in [-0.2, 0) is 6.54 Å². The average molecular weight is 257 g/mol. The molecule has 0 aliphatic heterocycles. The molecule has 0 amide bonds. The van der Waals surface area contributed by atoms with E-state index in [1.54, 1.807) is 16.8 Å². The maximum absolute atomic E-state index is 13.2. The lowest BCUT2D eigenvalue weighted by molar-refractivity contribution is 0.432. The van der Waals surface area contributed by atoms with E-state index in [1.807, 2.05) is 24.4 Å². The Morgan fingerprint density at radius 1 is 1.26 bits per heavy atom. The number of aromatic hydroxyl groups is 1. The van der Waals surface area contributed by atoms with Gasteiger partial charge < -0.3 is 10.4 Å². The van der Waals surface area contributed by atoms with Gasteiger partial charge in [0.1, 0.15) is 0 Å². The minimum Gasteiger partial charge on any atom is -0.505 e. The largest absolute Gasteiger partial charge is 0.505 e. The molecule has 5 heteroatoms. The average Bonchev–Trinajstić information content (AvgIpc) is 2.83. The first-order valence-corrected chi connectivity index (χ1v) is 5.88. The molecule has 0 atom stereocenters. The van der Waals surface area contributed by atoms with Gasteiger partial charge in [0.25, 0.3) is 0 Å². The highest BCUT2D eigenvalue weighted by molar-refractivity contribution is 5.55. The Morgan fingerprint density at radius 2 is 2.16 bits per heavy atom. The summed E-state index contributed by atoms with van der Waals surface area (Å²) in [6.07, 6.45) is 3.65. The molecule has 0 radical (unpaired) electrons. The van der Waals surface area contributed by atoms with Crippen LogP contribution in [0.5, 0.6) is 5.75 Å². The Morgan fingerprint density at radius 3 is 3.00 bits per heavy atom. The molecule has 0 aliphatic carbocycles. The molecular weight excluding hydrogens is 245 g/mol. The summed E-state index contributed by atoms with van der Waals surface area (Å²) in [5, 5.41) is 16.4. The minimum absolute atomic E-state index is 0.346. The number of fused-ring (bicyclic) bond motifs is 1. The molecular formula is C14H12FN3O. The molecule has 0 fully saturated rings. The van der Waals surface area contributed by atoms with Gasteiger partial charge in [-0.3, -0.25) is 0 Å². The fourth-order valence-corrected chi connectivity index (χ4v) is 1.94. The van der Waals surface area contributed by atoms with Gasteiger partial charge in [-0.2, -0.15) is 5.10 Å². The van der Waals surface area contributed by atoms with Crippen molar-refractivity contribution in [3.63, 3.8) is 0 Å². The fraction of sp³-hybridized carbons (Fsp3) is 0.0714. The number of benzene rings is 1. The van der Waals surface area contributed by atoms with Crippen LogP contribution < -0.4 is 5.32 Å². The predicted molar refractivity (Wildman–Crippen MR) is 70.6 cm³/mol. The Hall–Kier alpha value is -2.56. The van der Waals surface area contributed by atoms with Crippen molar-refractivity contribution < 1.29 is 9.50 Å². The molecule has 3 aromatic rings. The number of halogens is 1. The van der Waals surface area contributed by atoms with E-state index in [0.717, 1.165) is 11.1 Å². The summed E-state index contributed by atoms with van der Waals surface area (Å²) >= 11 is 0. The maximum atomic E-state index is 13.2. The lowest BCUT2D eigenvalue weighted by atomic mass is 10.2. The van der Waals surface area contributed by atoms with Crippen LogP contribution in [0.3, 0.4) is 0 Å². The number of hydrogen-bond acceptors (Lipinski definition) is 3. The first-order valence-electron chi connectivity index (χ1n) is 5.88. The number of phenolic OH excluding ortho intramolecular Hbond substituents is 1. The van der Waals surface area contributed by atoms with Crippen LogP contribution in [-0.4, -0.2) is 14.7 Å². The van der Waals surface area contributed by atoms with E-state index in [4.69, 9.17) is 5.11 Å². The zero-order valence-electron chi connectivity index (χ0n) is 10.0. The Bertz CT molecular complexity index is 724. The van der Waals surface area contributed by atoms with Crippen molar-refractivity contribution in [3.8, 4) is 5.75 Å². The minimum atomic E-state index is -0.634. The summed E-state index contributed by atoms with van der Waals surface area (Å²) < 4.78 is 15.0. The van der Waals surface area contributed by atoms with E-state index >= 15 is 0 Å². The van der Waals surface area contributed by atoms with Crippen molar-refractivity contribution in [1.82, 2.24) is 9.61 Å². The molecule has 2 heterocycles. The van der Waals surface area contributed by atoms with Gasteiger partial charge in [-0.25, -0.2) is 8.91 Å². The first-order chi connectivity index (χ1) is 9.24. The second kappa shape index (κ2) is 4.61. The van der Waals surface area contributed by atoms with Gasteiger partial charge in [0, 0.05) is 30.1 Å². The Balaban J connectivity index is 1.80. The summed E-state index contributed by atoms with van der Waals surface area (Å²) in [7, 11) is 0. The molecule has 4 nitrogen and oxygen atoms in total. The number of nitrogens with zero attached hydrogens (tertiary/aromatic N) is 2. The zero-order valence-corrected chi connectivity index (χ0v) is 10.0. The number of aromatic nitrogens is 2. The van der Waals surface area contributed by atoms with E-state index in [0.29, 0.717) is 12.2 Å². The molecule has 19 heavy (non-hydrogen) atoms. The smallest absolute Gasteiger partial charge is 0.166 e. The van der Waals surface area contributed by atoms with Gasteiger partial charge in [0.15, 0.2) is 11.6 Å².